The first-order valence-electron chi connectivity index (χ1n) is 10.1. The molecule has 0 aliphatic carbocycles. The summed E-state index contributed by atoms with van der Waals surface area (Å²) in [5.74, 6) is -0.117. The molecular formula is C23H29N3O2. The third-order valence-electron chi connectivity index (χ3n) is 5.00. The molecule has 2 aromatic carbocycles. The Morgan fingerprint density at radius 2 is 1.46 bits per heavy atom. The first-order chi connectivity index (χ1) is 13.7. The van der Waals surface area contributed by atoms with Crippen LogP contribution >= 0.6 is 0 Å². The molecule has 1 saturated heterocycles. The van der Waals surface area contributed by atoms with Gasteiger partial charge >= 0.3 is 0 Å². The quantitative estimate of drug-likeness (QED) is 0.704. The Morgan fingerprint density at radius 3 is 2.18 bits per heavy atom. The van der Waals surface area contributed by atoms with Gasteiger partial charge in [0.05, 0.1) is 6.42 Å². The number of nitrogens with zero attached hydrogens (tertiary/aromatic N) is 1. The van der Waals surface area contributed by atoms with Crippen molar-refractivity contribution in [1.82, 2.24) is 15.5 Å². The zero-order chi connectivity index (χ0) is 19.6. The Morgan fingerprint density at radius 1 is 0.786 bits per heavy atom. The standard InChI is InChI=1S/C23H29N3O2/c27-22(12-13-24-23(28)16-19-6-2-1-3-7-19)25-17-20-8-10-21(11-9-20)18-26-14-4-5-15-26/h1-3,6-11H,4-5,12-18H2,(H,24,28)(H,25,27). The molecule has 0 bridgehead atoms. The second kappa shape index (κ2) is 10.6. The van der Waals surface area contributed by atoms with Gasteiger partial charge in [0.25, 0.3) is 0 Å². The molecular weight excluding hydrogens is 350 g/mol. The lowest BCUT2D eigenvalue weighted by Crippen LogP contribution is -2.31. The molecule has 0 saturated carbocycles. The first kappa shape index (κ1) is 20.1. The molecule has 1 heterocycles. The average molecular weight is 380 g/mol. The normalized spacial score (nSPS) is 14.0. The molecule has 5 nitrogen and oxygen atoms in total. The minimum Gasteiger partial charge on any atom is -0.355 e. The van der Waals surface area contributed by atoms with Gasteiger partial charge in [0, 0.05) is 26.1 Å². The van der Waals surface area contributed by atoms with Crippen molar-refractivity contribution in [1.29, 1.82) is 0 Å². The molecule has 0 unspecified atom stereocenters. The van der Waals surface area contributed by atoms with Gasteiger partial charge in [0.15, 0.2) is 0 Å². The fourth-order valence-corrected chi connectivity index (χ4v) is 3.41. The highest BCUT2D eigenvalue weighted by molar-refractivity contribution is 5.80. The number of hydrogen-bond donors (Lipinski definition) is 2. The van der Waals surface area contributed by atoms with E-state index in [4.69, 9.17) is 0 Å². The molecule has 0 aromatic heterocycles. The highest BCUT2D eigenvalue weighted by Gasteiger charge is 2.11. The predicted octanol–water partition coefficient (Wildman–Crippen LogP) is 2.65. The summed E-state index contributed by atoms with van der Waals surface area (Å²) in [7, 11) is 0. The van der Waals surface area contributed by atoms with Crippen LogP contribution in [0.15, 0.2) is 54.6 Å². The fraction of sp³-hybridized carbons (Fsp3) is 0.391. The second-order valence-corrected chi connectivity index (χ2v) is 7.34. The number of carbonyl (C=O) groups is 2. The van der Waals surface area contributed by atoms with Crippen LogP contribution in [-0.4, -0.2) is 36.3 Å². The van der Waals surface area contributed by atoms with Crippen molar-refractivity contribution in [3.05, 3.63) is 71.3 Å². The molecule has 148 valence electrons. The molecule has 2 amide bonds. The van der Waals surface area contributed by atoms with Gasteiger partial charge < -0.3 is 10.6 Å². The monoisotopic (exact) mass is 379 g/mol. The van der Waals surface area contributed by atoms with Crippen molar-refractivity contribution in [3.8, 4) is 0 Å². The van der Waals surface area contributed by atoms with E-state index in [1.807, 2.05) is 30.3 Å². The average Bonchev–Trinajstić information content (AvgIpc) is 3.21. The van der Waals surface area contributed by atoms with Crippen molar-refractivity contribution in [2.24, 2.45) is 0 Å². The van der Waals surface area contributed by atoms with Crippen LogP contribution in [0, 0.1) is 0 Å². The highest BCUT2D eigenvalue weighted by atomic mass is 16.2. The largest absolute Gasteiger partial charge is 0.355 e. The van der Waals surface area contributed by atoms with Crippen LogP contribution < -0.4 is 10.6 Å². The number of nitrogens with one attached hydrogen (secondary N) is 2. The van der Waals surface area contributed by atoms with E-state index >= 15 is 0 Å². The topological polar surface area (TPSA) is 61.4 Å². The lowest BCUT2D eigenvalue weighted by molar-refractivity contribution is -0.122. The van der Waals surface area contributed by atoms with Crippen LogP contribution in [0.4, 0.5) is 0 Å². The van der Waals surface area contributed by atoms with Crippen molar-refractivity contribution in [3.63, 3.8) is 0 Å². The van der Waals surface area contributed by atoms with Gasteiger partial charge in [0.1, 0.15) is 0 Å². The van der Waals surface area contributed by atoms with Crippen LogP contribution in [0.3, 0.4) is 0 Å². The van der Waals surface area contributed by atoms with E-state index in [1.54, 1.807) is 0 Å². The maximum Gasteiger partial charge on any atom is 0.224 e. The number of likely N-dealkylation sites (tertiary alicyclic amines) is 1. The molecule has 0 spiro atoms. The maximum atomic E-state index is 12.0. The summed E-state index contributed by atoms with van der Waals surface area (Å²) in [6.45, 7) is 4.27. The Bertz CT molecular complexity index is 753. The van der Waals surface area contributed by atoms with Crippen LogP contribution in [0.2, 0.25) is 0 Å². The maximum absolute atomic E-state index is 12.0. The zero-order valence-corrected chi connectivity index (χ0v) is 16.3. The van der Waals surface area contributed by atoms with E-state index in [9.17, 15) is 9.59 Å². The smallest absolute Gasteiger partial charge is 0.224 e. The Kier molecular flexibility index (Phi) is 7.62. The third kappa shape index (κ3) is 6.82. The molecule has 3 rings (SSSR count). The zero-order valence-electron chi connectivity index (χ0n) is 16.3. The van der Waals surface area contributed by atoms with Gasteiger partial charge in [-0.2, -0.15) is 0 Å². The summed E-state index contributed by atoms with van der Waals surface area (Å²) in [5.41, 5.74) is 3.38. The SMILES string of the molecule is O=C(CCNC(=O)Cc1ccccc1)NCc1ccc(CN2CCCC2)cc1. The third-order valence-corrected chi connectivity index (χ3v) is 5.00. The van der Waals surface area contributed by atoms with Gasteiger partial charge in [0.2, 0.25) is 11.8 Å². The number of carbonyl (C=O) groups excluding carboxylic acids is 2. The Hall–Kier alpha value is -2.66. The molecule has 1 fully saturated rings. The van der Waals surface area contributed by atoms with Crippen LogP contribution in [0.5, 0.6) is 0 Å². The molecule has 0 radical (unpaired) electrons. The van der Waals surface area contributed by atoms with Gasteiger partial charge in [-0.15, -0.1) is 0 Å². The van der Waals surface area contributed by atoms with E-state index in [0.717, 1.165) is 17.7 Å². The van der Waals surface area contributed by atoms with Gasteiger partial charge in [-0.3, -0.25) is 14.5 Å². The molecule has 0 atom stereocenters. The summed E-state index contributed by atoms with van der Waals surface area (Å²) < 4.78 is 0. The summed E-state index contributed by atoms with van der Waals surface area (Å²) in [6, 6.07) is 18.0. The van der Waals surface area contributed by atoms with Crippen molar-refractivity contribution >= 4 is 11.8 Å². The number of benzene rings is 2. The molecule has 2 N–H and O–H groups in total. The molecule has 2 aromatic rings. The molecule has 1 aliphatic rings. The Labute approximate surface area is 167 Å². The van der Waals surface area contributed by atoms with Crippen LogP contribution in [0.25, 0.3) is 0 Å². The minimum atomic E-state index is -0.0624. The van der Waals surface area contributed by atoms with E-state index in [1.165, 1.54) is 31.5 Å². The van der Waals surface area contributed by atoms with Crippen molar-refractivity contribution in [2.45, 2.75) is 38.8 Å². The molecule has 5 heteroatoms. The summed E-state index contributed by atoms with van der Waals surface area (Å²) in [6.07, 6.45) is 3.23. The predicted molar refractivity (Wildman–Crippen MR) is 111 cm³/mol. The van der Waals surface area contributed by atoms with Gasteiger partial charge in [-0.05, 0) is 42.6 Å². The van der Waals surface area contributed by atoms with Crippen LogP contribution in [0.1, 0.15) is 36.0 Å². The van der Waals surface area contributed by atoms with Gasteiger partial charge in [-0.25, -0.2) is 0 Å². The van der Waals surface area contributed by atoms with E-state index in [2.05, 4.69) is 39.8 Å². The number of rotatable bonds is 9. The van der Waals surface area contributed by atoms with Crippen molar-refractivity contribution in [2.75, 3.05) is 19.6 Å². The summed E-state index contributed by atoms with van der Waals surface area (Å²) >= 11 is 0. The van der Waals surface area contributed by atoms with E-state index in [-0.39, 0.29) is 18.2 Å². The fourth-order valence-electron chi connectivity index (χ4n) is 3.41. The summed E-state index contributed by atoms with van der Waals surface area (Å²) in [5, 5.41) is 5.71. The molecule has 28 heavy (non-hydrogen) atoms. The second-order valence-electron chi connectivity index (χ2n) is 7.34. The van der Waals surface area contributed by atoms with Crippen LogP contribution in [-0.2, 0) is 29.1 Å². The number of hydrogen-bond acceptors (Lipinski definition) is 3. The highest BCUT2D eigenvalue weighted by Crippen LogP contribution is 2.13. The van der Waals surface area contributed by atoms with Crippen molar-refractivity contribution < 1.29 is 9.59 Å². The summed E-state index contributed by atoms with van der Waals surface area (Å²) in [4.78, 5) is 26.3. The molecule has 1 aliphatic heterocycles. The van der Waals surface area contributed by atoms with E-state index < -0.39 is 0 Å². The Balaban J connectivity index is 1.31. The lowest BCUT2D eigenvalue weighted by Gasteiger charge is -2.14. The van der Waals surface area contributed by atoms with Gasteiger partial charge in [-0.1, -0.05) is 54.6 Å². The van der Waals surface area contributed by atoms with E-state index in [0.29, 0.717) is 19.5 Å². The minimum absolute atomic E-state index is 0.0545. The number of amides is 2. The lowest BCUT2D eigenvalue weighted by atomic mass is 10.1. The first-order valence-corrected chi connectivity index (χ1v) is 10.1.